The number of carbonyl (C=O) groups excluding carboxylic acids is 1. The lowest BCUT2D eigenvalue weighted by Gasteiger charge is -2.35. The Morgan fingerprint density at radius 2 is 1.85 bits per heavy atom. The second-order valence-electron chi connectivity index (χ2n) is 6.64. The van der Waals surface area contributed by atoms with E-state index in [4.69, 9.17) is 9.47 Å². The van der Waals surface area contributed by atoms with Crippen LogP contribution in [0.5, 0.6) is 5.75 Å². The number of hydrogen-bond acceptors (Lipinski definition) is 4. The first-order chi connectivity index (χ1) is 12.4. The third-order valence-corrected chi connectivity index (χ3v) is 5.22. The molecule has 0 aromatic heterocycles. The molecule has 3 rings (SSSR count). The van der Waals surface area contributed by atoms with Crippen LogP contribution in [-0.2, 0) is 9.53 Å². The Morgan fingerprint density at radius 1 is 1.19 bits per heavy atom. The number of carboxylic acid groups (broad SMARTS) is 1. The van der Waals surface area contributed by atoms with E-state index < -0.39 is 40.7 Å². The Morgan fingerprint density at radius 3 is 2.46 bits per heavy atom. The molecule has 2 saturated heterocycles. The van der Waals surface area contributed by atoms with E-state index in [9.17, 15) is 23.5 Å². The lowest BCUT2D eigenvalue weighted by molar-refractivity contribution is -0.145. The zero-order chi connectivity index (χ0) is 18.8. The van der Waals surface area contributed by atoms with Gasteiger partial charge >= 0.3 is 5.97 Å². The van der Waals surface area contributed by atoms with Crippen molar-refractivity contribution < 1.29 is 33.0 Å². The van der Waals surface area contributed by atoms with Crippen LogP contribution in [0.2, 0.25) is 0 Å². The fourth-order valence-corrected chi connectivity index (χ4v) is 3.86. The molecule has 2 aliphatic heterocycles. The number of amides is 1. The fraction of sp³-hybridized carbons (Fsp3) is 0.556. The number of benzene rings is 1. The lowest BCUT2D eigenvalue weighted by Crippen LogP contribution is -2.43. The van der Waals surface area contributed by atoms with Gasteiger partial charge < -0.3 is 19.5 Å². The van der Waals surface area contributed by atoms with Crippen molar-refractivity contribution in [2.45, 2.75) is 25.4 Å². The number of hydrogen-bond donors (Lipinski definition) is 1. The van der Waals surface area contributed by atoms with Crippen molar-refractivity contribution in [1.82, 2.24) is 4.90 Å². The average Bonchev–Trinajstić information content (AvgIpc) is 3.13. The van der Waals surface area contributed by atoms with Crippen LogP contribution in [0.25, 0.3) is 0 Å². The van der Waals surface area contributed by atoms with Gasteiger partial charge in [0.2, 0.25) is 0 Å². The average molecular weight is 369 g/mol. The molecule has 0 bridgehead atoms. The van der Waals surface area contributed by atoms with Crippen LogP contribution in [0.4, 0.5) is 8.78 Å². The molecule has 2 aliphatic rings. The molecule has 1 unspecified atom stereocenters. The van der Waals surface area contributed by atoms with E-state index in [2.05, 4.69) is 0 Å². The van der Waals surface area contributed by atoms with Gasteiger partial charge in [-0.1, -0.05) is 0 Å². The smallest absolute Gasteiger partial charge is 0.309 e. The van der Waals surface area contributed by atoms with Gasteiger partial charge in [-0.15, -0.1) is 0 Å². The molecule has 8 heteroatoms. The van der Waals surface area contributed by atoms with Gasteiger partial charge in [-0.3, -0.25) is 9.59 Å². The number of likely N-dealkylation sites (tertiary alicyclic amines) is 1. The molecule has 0 saturated carbocycles. The molecule has 1 aromatic carbocycles. The van der Waals surface area contributed by atoms with Gasteiger partial charge in [0.25, 0.3) is 5.91 Å². The highest BCUT2D eigenvalue weighted by Crippen LogP contribution is 2.34. The summed E-state index contributed by atoms with van der Waals surface area (Å²) in [7, 11) is 1.18. The topological polar surface area (TPSA) is 76.1 Å². The zero-order valence-corrected chi connectivity index (χ0v) is 14.4. The molecule has 2 atom stereocenters. The van der Waals surface area contributed by atoms with Crippen molar-refractivity contribution in [3.8, 4) is 5.75 Å². The summed E-state index contributed by atoms with van der Waals surface area (Å²) in [6.45, 7) is 1.08. The van der Waals surface area contributed by atoms with Crippen LogP contribution in [0.1, 0.15) is 29.6 Å². The largest absolute Gasteiger partial charge is 0.493 e. The molecule has 1 aromatic rings. The highest BCUT2D eigenvalue weighted by Gasteiger charge is 2.41. The van der Waals surface area contributed by atoms with E-state index >= 15 is 0 Å². The highest BCUT2D eigenvalue weighted by molar-refractivity contribution is 5.97. The Kier molecular flexibility index (Phi) is 5.41. The first-order valence-electron chi connectivity index (χ1n) is 8.59. The van der Waals surface area contributed by atoms with E-state index in [0.717, 1.165) is 12.1 Å². The maximum absolute atomic E-state index is 14.1. The molecular weight excluding hydrogens is 348 g/mol. The molecule has 142 valence electrons. The quantitative estimate of drug-likeness (QED) is 0.882. The van der Waals surface area contributed by atoms with Gasteiger partial charge in [-0.2, -0.15) is 0 Å². The summed E-state index contributed by atoms with van der Waals surface area (Å²) >= 11 is 0. The Labute approximate surface area is 149 Å². The second-order valence-corrected chi connectivity index (χ2v) is 6.64. The van der Waals surface area contributed by atoms with Gasteiger partial charge in [-0.05, 0) is 37.3 Å². The number of aliphatic carboxylic acids is 1. The summed E-state index contributed by atoms with van der Waals surface area (Å²) in [5, 5.41) is 9.28. The van der Waals surface area contributed by atoms with Crippen LogP contribution in [0.15, 0.2) is 12.1 Å². The summed E-state index contributed by atoms with van der Waals surface area (Å²) in [5.41, 5.74) is -0.411. The SMILES string of the molecule is COc1c(F)ccc(F)c1C(=O)N1CCC([C@@H]2OCCC2C(=O)O)CC1. The Hall–Kier alpha value is -2.22. The van der Waals surface area contributed by atoms with Crippen LogP contribution in [0, 0.1) is 23.5 Å². The third-order valence-electron chi connectivity index (χ3n) is 5.22. The van der Waals surface area contributed by atoms with Gasteiger partial charge in [0, 0.05) is 19.7 Å². The molecular formula is C18H21F2NO5. The minimum absolute atomic E-state index is 0.0295. The molecule has 0 aliphatic carbocycles. The molecule has 2 fully saturated rings. The number of carboxylic acids is 1. The van der Waals surface area contributed by atoms with Crippen LogP contribution >= 0.6 is 0 Å². The molecule has 1 N–H and O–H groups in total. The number of methoxy groups -OCH3 is 1. The van der Waals surface area contributed by atoms with E-state index in [1.54, 1.807) is 0 Å². The van der Waals surface area contributed by atoms with E-state index in [1.807, 2.05) is 0 Å². The number of halogens is 2. The minimum Gasteiger partial charge on any atom is -0.493 e. The first kappa shape index (κ1) is 18.6. The minimum atomic E-state index is -0.863. The molecule has 1 amide bonds. The van der Waals surface area contributed by atoms with Crippen molar-refractivity contribution >= 4 is 11.9 Å². The molecule has 6 nitrogen and oxygen atoms in total. The lowest BCUT2D eigenvalue weighted by atomic mass is 9.84. The van der Waals surface area contributed by atoms with Crippen molar-refractivity contribution in [1.29, 1.82) is 0 Å². The van der Waals surface area contributed by atoms with Gasteiger partial charge in [0.1, 0.15) is 11.4 Å². The first-order valence-corrected chi connectivity index (χ1v) is 8.59. The summed E-state index contributed by atoms with van der Waals surface area (Å²) < 4.78 is 38.4. The number of carbonyl (C=O) groups is 2. The summed E-state index contributed by atoms with van der Waals surface area (Å²) in [4.78, 5) is 25.4. The van der Waals surface area contributed by atoms with Crippen molar-refractivity contribution in [3.05, 3.63) is 29.3 Å². The predicted octanol–water partition coefficient (Wildman–Crippen LogP) is 2.32. The van der Waals surface area contributed by atoms with Gasteiger partial charge in [0.05, 0.1) is 19.1 Å². The Balaban J connectivity index is 1.70. The van der Waals surface area contributed by atoms with Gasteiger partial charge in [0.15, 0.2) is 11.6 Å². The van der Waals surface area contributed by atoms with Crippen molar-refractivity contribution in [2.75, 3.05) is 26.8 Å². The molecule has 0 spiro atoms. The third kappa shape index (κ3) is 3.38. The van der Waals surface area contributed by atoms with Gasteiger partial charge in [-0.25, -0.2) is 8.78 Å². The Bertz CT molecular complexity index is 703. The van der Waals surface area contributed by atoms with E-state index in [0.29, 0.717) is 39.0 Å². The standard InChI is InChI=1S/C18H21F2NO5/c1-25-16-13(20)3-2-12(19)14(16)17(22)21-7-4-10(5-8-21)15-11(18(23)24)6-9-26-15/h2-3,10-11,15H,4-9H2,1H3,(H,23,24)/t11?,15-/m0/s1. The van der Waals surface area contributed by atoms with Crippen molar-refractivity contribution in [2.24, 2.45) is 11.8 Å². The predicted molar refractivity (Wildman–Crippen MR) is 87.0 cm³/mol. The highest BCUT2D eigenvalue weighted by atomic mass is 19.1. The van der Waals surface area contributed by atoms with Crippen LogP contribution < -0.4 is 4.74 Å². The summed E-state index contributed by atoms with van der Waals surface area (Å²) in [6, 6.07) is 1.82. The van der Waals surface area contributed by atoms with E-state index in [1.165, 1.54) is 12.0 Å². The summed E-state index contributed by atoms with van der Waals surface area (Å²) in [6.07, 6.45) is 1.24. The zero-order valence-electron chi connectivity index (χ0n) is 14.4. The number of ether oxygens (including phenoxy) is 2. The van der Waals surface area contributed by atoms with Crippen LogP contribution in [0.3, 0.4) is 0 Å². The molecule has 0 radical (unpaired) electrons. The summed E-state index contributed by atoms with van der Waals surface area (Å²) in [5.74, 6) is -4.01. The molecule has 2 heterocycles. The monoisotopic (exact) mass is 369 g/mol. The maximum Gasteiger partial charge on any atom is 0.309 e. The number of rotatable bonds is 4. The second kappa shape index (κ2) is 7.57. The number of nitrogens with zero attached hydrogens (tertiary/aromatic N) is 1. The number of piperidine rings is 1. The fourth-order valence-electron chi connectivity index (χ4n) is 3.86. The maximum atomic E-state index is 14.1. The van der Waals surface area contributed by atoms with Crippen LogP contribution in [-0.4, -0.2) is 54.8 Å². The normalized spacial score (nSPS) is 23.9. The molecule has 26 heavy (non-hydrogen) atoms. The van der Waals surface area contributed by atoms with Crippen molar-refractivity contribution in [3.63, 3.8) is 0 Å². The van der Waals surface area contributed by atoms with E-state index in [-0.39, 0.29) is 12.0 Å².